The number of nitrogens with one attached hydrogen (secondary N) is 1. The summed E-state index contributed by atoms with van der Waals surface area (Å²) in [7, 11) is 0. The van der Waals surface area contributed by atoms with E-state index in [1.54, 1.807) is 4.90 Å². The van der Waals surface area contributed by atoms with Gasteiger partial charge in [-0.3, -0.25) is 9.59 Å². The Morgan fingerprint density at radius 3 is 2.94 bits per heavy atom. The smallest absolute Gasteiger partial charge is 0.243 e. The van der Waals surface area contributed by atoms with E-state index in [0.717, 1.165) is 12.8 Å². The topological polar surface area (TPSA) is 73.2 Å². The van der Waals surface area contributed by atoms with Crippen LogP contribution in [0.25, 0.3) is 0 Å². The molecule has 2 aliphatic heterocycles. The fourth-order valence-electron chi connectivity index (χ4n) is 2.98. The fourth-order valence-corrected chi connectivity index (χ4v) is 2.98. The van der Waals surface area contributed by atoms with Gasteiger partial charge in [0, 0.05) is 13.1 Å². The highest BCUT2D eigenvalue weighted by molar-refractivity contribution is 5.90. The van der Waals surface area contributed by atoms with Gasteiger partial charge in [-0.1, -0.05) is 0 Å². The monoisotopic (exact) mass is 233 g/mol. The van der Waals surface area contributed by atoms with Gasteiger partial charge >= 0.3 is 0 Å². The zero-order chi connectivity index (χ0) is 12.0. The highest BCUT2D eigenvalue weighted by Crippen LogP contribution is 2.47. The molecule has 3 aliphatic rings. The molecule has 0 spiro atoms. The number of hydrogen-bond donors (Lipinski definition) is 1. The molecule has 5 heteroatoms. The Hall–Kier alpha value is -1.57. The molecule has 0 aromatic rings. The van der Waals surface area contributed by atoms with Crippen LogP contribution < -0.4 is 5.32 Å². The van der Waals surface area contributed by atoms with E-state index in [0.29, 0.717) is 25.9 Å². The molecule has 3 rings (SSSR count). The van der Waals surface area contributed by atoms with Gasteiger partial charge in [0.05, 0.1) is 18.0 Å². The van der Waals surface area contributed by atoms with Gasteiger partial charge in [0.2, 0.25) is 11.8 Å². The first-order chi connectivity index (χ1) is 8.18. The van der Waals surface area contributed by atoms with Crippen molar-refractivity contribution in [2.75, 3.05) is 13.1 Å². The van der Waals surface area contributed by atoms with E-state index in [2.05, 4.69) is 11.4 Å². The van der Waals surface area contributed by atoms with E-state index in [9.17, 15) is 9.59 Å². The van der Waals surface area contributed by atoms with Crippen molar-refractivity contribution in [1.82, 2.24) is 10.2 Å². The number of nitriles is 1. The Labute approximate surface area is 99.8 Å². The number of hydrogen-bond acceptors (Lipinski definition) is 3. The highest BCUT2D eigenvalue weighted by Gasteiger charge is 2.55. The van der Waals surface area contributed by atoms with Crippen LogP contribution in [0.3, 0.4) is 0 Å². The molecular formula is C12H15N3O2. The number of nitrogens with zero attached hydrogens (tertiary/aromatic N) is 2. The van der Waals surface area contributed by atoms with Crippen molar-refractivity contribution in [3.63, 3.8) is 0 Å². The number of rotatable bonds is 1. The summed E-state index contributed by atoms with van der Waals surface area (Å²) in [4.78, 5) is 25.7. The zero-order valence-electron chi connectivity index (χ0n) is 9.61. The molecule has 2 atom stereocenters. The molecule has 5 nitrogen and oxygen atoms in total. The third-order valence-corrected chi connectivity index (χ3v) is 4.24. The molecule has 1 N–H and O–H groups in total. The van der Waals surface area contributed by atoms with Gasteiger partial charge in [0.1, 0.15) is 5.41 Å². The average Bonchev–Trinajstić information content (AvgIpc) is 3.08. The van der Waals surface area contributed by atoms with Crippen molar-refractivity contribution in [2.24, 2.45) is 11.3 Å². The van der Waals surface area contributed by atoms with E-state index in [-0.39, 0.29) is 23.8 Å². The molecule has 2 heterocycles. The summed E-state index contributed by atoms with van der Waals surface area (Å²) in [6, 6.07) is 2.13. The molecule has 0 aromatic carbocycles. The Kier molecular flexibility index (Phi) is 2.15. The van der Waals surface area contributed by atoms with Crippen molar-refractivity contribution < 1.29 is 9.59 Å². The standard InChI is InChI=1S/C12H15N3O2/c13-7-12(3-4-12)11(17)15-5-1-2-8-9(15)6-14-10(8)16/h8-9H,1-6H2,(H,14,16). The second kappa shape index (κ2) is 3.46. The van der Waals surface area contributed by atoms with Crippen LogP contribution >= 0.6 is 0 Å². The normalized spacial score (nSPS) is 33.6. The first-order valence-electron chi connectivity index (χ1n) is 6.18. The minimum Gasteiger partial charge on any atom is -0.354 e. The molecule has 2 unspecified atom stereocenters. The number of amides is 2. The highest BCUT2D eigenvalue weighted by atomic mass is 16.2. The Bertz CT molecular complexity index is 422. The van der Waals surface area contributed by atoms with Gasteiger partial charge in [-0.15, -0.1) is 0 Å². The van der Waals surface area contributed by atoms with Crippen LogP contribution in [0.2, 0.25) is 0 Å². The van der Waals surface area contributed by atoms with Crippen LogP contribution in [0.15, 0.2) is 0 Å². The summed E-state index contributed by atoms with van der Waals surface area (Å²) in [5.41, 5.74) is -0.756. The van der Waals surface area contributed by atoms with Crippen LogP contribution in [0.1, 0.15) is 25.7 Å². The molecule has 2 amide bonds. The van der Waals surface area contributed by atoms with Crippen LogP contribution in [-0.4, -0.2) is 35.8 Å². The first kappa shape index (κ1) is 10.6. The predicted molar refractivity (Wildman–Crippen MR) is 58.5 cm³/mol. The van der Waals surface area contributed by atoms with Crippen LogP contribution in [0, 0.1) is 22.7 Å². The van der Waals surface area contributed by atoms with Gasteiger partial charge in [-0.25, -0.2) is 0 Å². The number of carbonyl (C=O) groups excluding carboxylic acids is 2. The largest absolute Gasteiger partial charge is 0.354 e. The molecule has 3 fully saturated rings. The zero-order valence-corrected chi connectivity index (χ0v) is 9.61. The fraction of sp³-hybridized carbons (Fsp3) is 0.750. The minimum absolute atomic E-state index is 0.0189. The Morgan fingerprint density at radius 1 is 1.53 bits per heavy atom. The van der Waals surface area contributed by atoms with Crippen LogP contribution in [-0.2, 0) is 9.59 Å². The number of carbonyl (C=O) groups is 2. The lowest BCUT2D eigenvalue weighted by atomic mass is 9.90. The van der Waals surface area contributed by atoms with Crippen LogP contribution in [0.5, 0.6) is 0 Å². The minimum atomic E-state index is -0.756. The average molecular weight is 233 g/mol. The van der Waals surface area contributed by atoms with Gasteiger partial charge < -0.3 is 10.2 Å². The lowest BCUT2D eigenvalue weighted by molar-refractivity contribution is -0.140. The van der Waals surface area contributed by atoms with E-state index in [1.165, 1.54) is 0 Å². The number of likely N-dealkylation sites (tertiary alicyclic amines) is 1. The van der Waals surface area contributed by atoms with E-state index < -0.39 is 5.41 Å². The quantitative estimate of drug-likeness (QED) is 0.694. The summed E-state index contributed by atoms with van der Waals surface area (Å²) < 4.78 is 0. The van der Waals surface area contributed by atoms with Gasteiger partial charge in [0.15, 0.2) is 0 Å². The maximum atomic E-state index is 12.3. The Morgan fingerprint density at radius 2 is 2.29 bits per heavy atom. The first-order valence-corrected chi connectivity index (χ1v) is 6.18. The summed E-state index contributed by atoms with van der Waals surface area (Å²) in [6.45, 7) is 1.25. The third kappa shape index (κ3) is 1.43. The maximum absolute atomic E-state index is 12.3. The second-order valence-corrected chi connectivity index (χ2v) is 5.25. The van der Waals surface area contributed by atoms with E-state index >= 15 is 0 Å². The molecule has 0 aromatic heterocycles. The maximum Gasteiger partial charge on any atom is 0.243 e. The third-order valence-electron chi connectivity index (χ3n) is 4.24. The van der Waals surface area contributed by atoms with Crippen molar-refractivity contribution in [1.29, 1.82) is 5.26 Å². The molecule has 1 aliphatic carbocycles. The predicted octanol–water partition coefficient (Wildman–Crippen LogP) is 0.0272. The molecule has 2 saturated heterocycles. The summed E-state index contributed by atoms with van der Waals surface area (Å²) in [6.07, 6.45) is 3.08. The van der Waals surface area contributed by atoms with Gasteiger partial charge in [0.25, 0.3) is 0 Å². The van der Waals surface area contributed by atoms with Crippen molar-refractivity contribution in [2.45, 2.75) is 31.7 Å². The lowest BCUT2D eigenvalue weighted by Gasteiger charge is -2.37. The van der Waals surface area contributed by atoms with Crippen LogP contribution in [0.4, 0.5) is 0 Å². The molecule has 17 heavy (non-hydrogen) atoms. The summed E-state index contributed by atoms with van der Waals surface area (Å²) in [5, 5.41) is 11.9. The molecule has 0 radical (unpaired) electrons. The molecular weight excluding hydrogens is 218 g/mol. The van der Waals surface area contributed by atoms with Crippen molar-refractivity contribution in [3.05, 3.63) is 0 Å². The summed E-state index contributed by atoms with van der Waals surface area (Å²) in [5.74, 6) is -0.0392. The molecule has 1 saturated carbocycles. The summed E-state index contributed by atoms with van der Waals surface area (Å²) >= 11 is 0. The van der Waals surface area contributed by atoms with Gasteiger partial charge in [-0.05, 0) is 25.7 Å². The van der Waals surface area contributed by atoms with E-state index in [1.807, 2.05) is 0 Å². The molecule has 90 valence electrons. The molecule has 0 bridgehead atoms. The number of fused-ring (bicyclic) bond motifs is 1. The second-order valence-electron chi connectivity index (χ2n) is 5.25. The number of piperidine rings is 1. The lowest BCUT2D eigenvalue weighted by Crippen LogP contribution is -2.51. The van der Waals surface area contributed by atoms with Gasteiger partial charge in [-0.2, -0.15) is 5.26 Å². The van der Waals surface area contributed by atoms with Crippen molar-refractivity contribution >= 4 is 11.8 Å². The SMILES string of the molecule is N#CC1(C(=O)N2CCCC3C(=O)NCC32)CC1. The van der Waals surface area contributed by atoms with Crippen molar-refractivity contribution in [3.8, 4) is 6.07 Å². The Balaban J connectivity index is 1.82. The van der Waals surface area contributed by atoms with E-state index in [4.69, 9.17) is 5.26 Å².